The second kappa shape index (κ2) is 6.81. The summed E-state index contributed by atoms with van der Waals surface area (Å²) in [6.45, 7) is 3.94. The fourth-order valence-electron chi connectivity index (χ4n) is 3.10. The van der Waals surface area contributed by atoms with Gasteiger partial charge in [0.05, 0.1) is 5.69 Å². The van der Waals surface area contributed by atoms with Crippen LogP contribution in [0.15, 0.2) is 65.8 Å². The van der Waals surface area contributed by atoms with Crippen molar-refractivity contribution in [1.29, 1.82) is 0 Å². The molecule has 1 aromatic carbocycles. The molecule has 0 radical (unpaired) electrons. The third kappa shape index (κ3) is 3.20. The third-order valence-corrected chi connectivity index (χ3v) is 4.77. The predicted octanol–water partition coefficient (Wildman–Crippen LogP) is 3.57. The van der Waals surface area contributed by atoms with Gasteiger partial charge >= 0.3 is 0 Å². The molecular weight excluding hydrogens is 352 g/mol. The number of carbonyl (C=O) groups is 1. The molecule has 6 heteroatoms. The van der Waals surface area contributed by atoms with Gasteiger partial charge < -0.3 is 14.3 Å². The normalized spacial score (nSPS) is 11.0. The van der Waals surface area contributed by atoms with Crippen LogP contribution in [0.4, 0.5) is 5.69 Å². The van der Waals surface area contributed by atoms with E-state index in [0.29, 0.717) is 5.69 Å². The Kier molecular flexibility index (Phi) is 4.31. The predicted molar refractivity (Wildman–Crippen MR) is 110 cm³/mol. The lowest BCUT2D eigenvalue weighted by Crippen LogP contribution is -2.27. The van der Waals surface area contributed by atoms with Crippen molar-refractivity contribution in [3.05, 3.63) is 88.1 Å². The summed E-state index contributed by atoms with van der Waals surface area (Å²) in [5, 5.41) is 2.86. The topological polar surface area (TPSA) is 68.4 Å². The zero-order chi connectivity index (χ0) is 19.8. The molecule has 0 fully saturated rings. The highest BCUT2D eigenvalue weighted by Crippen LogP contribution is 2.25. The molecule has 0 spiro atoms. The minimum Gasteiger partial charge on any atom is -0.322 e. The van der Waals surface area contributed by atoms with Crippen molar-refractivity contribution < 1.29 is 4.79 Å². The number of nitrogens with zero attached hydrogens (tertiary/aromatic N) is 3. The first-order chi connectivity index (χ1) is 13.4. The van der Waals surface area contributed by atoms with Crippen LogP contribution in [0.3, 0.4) is 0 Å². The van der Waals surface area contributed by atoms with Crippen LogP contribution < -0.4 is 10.9 Å². The molecule has 4 aromatic rings. The number of aromatic nitrogens is 3. The number of nitrogens with one attached hydrogen (secondary N) is 1. The van der Waals surface area contributed by atoms with Crippen molar-refractivity contribution in [1.82, 2.24) is 14.0 Å². The molecule has 6 nitrogen and oxygen atoms in total. The van der Waals surface area contributed by atoms with Gasteiger partial charge in [-0.3, -0.25) is 9.59 Å². The average molecular weight is 372 g/mol. The zero-order valence-electron chi connectivity index (χ0n) is 15.9. The van der Waals surface area contributed by atoms with E-state index < -0.39 is 5.91 Å². The molecule has 0 bridgehead atoms. The van der Waals surface area contributed by atoms with Crippen LogP contribution in [-0.2, 0) is 7.05 Å². The van der Waals surface area contributed by atoms with E-state index in [-0.39, 0.29) is 11.1 Å². The van der Waals surface area contributed by atoms with Gasteiger partial charge in [0.2, 0.25) is 0 Å². The molecule has 0 aliphatic heterocycles. The molecule has 0 saturated heterocycles. The molecule has 1 N–H and O–H groups in total. The molecule has 0 aliphatic carbocycles. The van der Waals surface area contributed by atoms with E-state index in [0.717, 1.165) is 28.0 Å². The highest BCUT2D eigenvalue weighted by Gasteiger charge is 2.14. The monoisotopic (exact) mass is 372 g/mol. The third-order valence-electron chi connectivity index (χ3n) is 4.77. The standard InChI is InChI=1S/C22H20N4O2/c1-14-8-10-26-13-19(23-20(26)11-14)16-7-6-15(2)18(12-16)24-21(27)17-5-4-9-25(3)22(17)28/h4-13H,1-3H3,(H,24,27). The molecule has 140 valence electrons. The molecule has 0 unspecified atom stereocenters. The number of benzene rings is 1. The van der Waals surface area contributed by atoms with E-state index in [1.54, 1.807) is 19.3 Å². The van der Waals surface area contributed by atoms with Gasteiger partial charge in [0, 0.05) is 36.9 Å². The summed E-state index contributed by atoms with van der Waals surface area (Å²) in [6.07, 6.45) is 5.55. The number of anilines is 1. The summed E-state index contributed by atoms with van der Waals surface area (Å²) in [4.78, 5) is 29.5. The van der Waals surface area contributed by atoms with E-state index in [1.165, 1.54) is 10.6 Å². The maximum absolute atomic E-state index is 12.6. The number of rotatable bonds is 3. The second-order valence-electron chi connectivity index (χ2n) is 6.92. The Bertz CT molecular complexity index is 1270. The number of aryl methyl sites for hydroxylation is 3. The van der Waals surface area contributed by atoms with E-state index in [4.69, 9.17) is 0 Å². The molecule has 4 rings (SSSR count). The van der Waals surface area contributed by atoms with E-state index in [9.17, 15) is 9.59 Å². The van der Waals surface area contributed by atoms with Gasteiger partial charge in [-0.1, -0.05) is 12.1 Å². The van der Waals surface area contributed by atoms with Crippen molar-refractivity contribution in [2.24, 2.45) is 7.05 Å². The van der Waals surface area contributed by atoms with Gasteiger partial charge in [-0.05, 0) is 55.3 Å². The summed E-state index contributed by atoms with van der Waals surface area (Å²) in [5.74, 6) is -0.424. The average Bonchev–Trinajstić information content (AvgIpc) is 3.08. The van der Waals surface area contributed by atoms with Crippen LogP contribution in [0.25, 0.3) is 16.9 Å². The van der Waals surface area contributed by atoms with E-state index in [1.807, 2.05) is 61.0 Å². The fourth-order valence-corrected chi connectivity index (χ4v) is 3.10. The Labute approximate surface area is 162 Å². The fraction of sp³-hybridized carbons (Fsp3) is 0.136. The Morgan fingerprint density at radius 1 is 1.07 bits per heavy atom. The number of fused-ring (bicyclic) bond motifs is 1. The maximum atomic E-state index is 12.6. The molecule has 0 saturated carbocycles. The van der Waals surface area contributed by atoms with Crippen molar-refractivity contribution in [2.75, 3.05) is 5.32 Å². The van der Waals surface area contributed by atoms with Gasteiger partial charge in [0.1, 0.15) is 11.2 Å². The summed E-state index contributed by atoms with van der Waals surface area (Å²) in [7, 11) is 1.62. The summed E-state index contributed by atoms with van der Waals surface area (Å²) in [6, 6.07) is 13.0. The minimum atomic E-state index is -0.424. The second-order valence-corrected chi connectivity index (χ2v) is 6.92. The van der Waals surface area contributed by atoms with Gasteiger partial charge in [-0.25, -0.2) is 4.98 Å². The minimum absolute atomic E-state index is 0.109. The van der Waals surface area contributed by atoms with Gasteiger partial charge in [0.15, 0.2) is 0 Å². The zero-order valence-corrected chi connectivity index (χ0v) is 15.9. The highest BCUT2D eigenvalue weighted by atomic mass is 16.2. The lowest BCUT2D eigenvalue weighted by Gasteiger charge is -2.10. The van der Waals surface area contributed by atoms with Gasteiger partial charge in [-0.2, -0.15) is 0 Å². The Balaban J connectivity index is 1.69. The SMILES string of the molecule is Cc1ccn2cc(-c3ccc(C)c(NC(=O)c4cccn(C)c4=O)c3)nc2c1. The van der Waals surface area contributed by atoms with Crippen LogP contribution in [0.1, 0.15) is 21.5 Å². The first-order valence-electron chi connectivity index (χ1n) is 8.96. The lowest BCUT2D eigenvalue weighted by molar-refractivity contribution is 0.102. The van der Waals surface area contributed by atoms with E-state index in [2.05, 4.69) is 10.3 Å². The lowest BCUT2D eigenvalue weighted by atomic mass is 10.1. The van der Waals surface area contributed by atoms with Crippen LogP contribution in [-0.4, -0.2) is 19.9 Å². The van der Waals surface area contributed by atoms with Crippen LogP contribution in [0.2, 0.25) is 0 Å². The van der Waals surface area contributed by atoms with E-state index >= 15 is 0 Å². The van der Waals surface area contributed by atoms with Crippen molar-refractivity contribution in [3.63, 3.8) is 0 Å². The molecular formula is C22H20N4O2. The Morgan fingerprint density at radius 2 is 1.89 bits per heavy atom. The number of carbonyl (C=O) groups excluding carboxylic acids is 1. The largest absolute Gasteiger partial charge is 0.322 e. The summed E-state index contributed by atoms with van der Waals surface area (Å²) >= 11 is 0. The maximum Gasteiger partial charge on any atom is 0.263 e. The van der Waals surface area contributed by atoms with Crippen LogP contribution in [0, 0.1) is 13.8 Å². The van der Waals surface area contributed by atoms with Gasteiger partial charge in [-0.15, -0.1) is 0 Å². The quantitative estimate of drug-likeness (QED) is 0.598. The number of imidazole rings is 1. The number of hydrogen-bond donors (Lipinski definition) is 1. The number of hydrogen-bond acceptors (Lipinski definition) is 3. The molecule has 28 heavy (non-hydrogen) atoms. The Morgan fingerprint density at radius 3 is 2.71 bits per heavy atom. The number of amides is 1. The molecule has 3 aromatic heterocycles. The summed E-state index contributed by atoms with van der Waals surface area (Å²) in [5.41, 5.74) is 5.06. The highest BCUT2D eigenvalue weighted by molar-refractivity contribution is 6.04. The smallest absolute Gasteiger partial charge is 0.263 e. The summed E-state index contributed by atoms with van der Waals surface area (Å²) < 4.78 is 3.35. The molecule has 0 atom stereocenters. The van der Waals surface area contributed by atoms with Crippen LogP contribution in [0.5, 0.6) is 0 Å². The Hall–Kier alpha value is -3.67. The first-order valence-corrected chi connectivity index (χ1v) is 8.96. The van der Waals surface area contributed by atoms with Crippen molar-refractivity contribution >= 4 is 17.2 Å². The molecule has 1 amide bonds. The van der Waals surface area contributed by atoms with Crippen LogP contribution >= 0.6 is 0 Å². The van der Waals surface area contributed by atoms with Crippen molar-refractivity contribution in [2.45, 2.75) is 13.8 Å². The number of pyridine rings is 2. The van der Waals surface area contributed by atoms with Gasteiger partial charge in [0.25, 0.3) is 11.5 Å². The first kappa shape index (κ1) is 17.7. The molecule has 0 aliphatic rings. The molecule has 3 heterocycles. The van der Waals surface area contributed by atoms with Crippen molar-refractivity contribution in [3.8, 4) is 11.3 Å².